The maximum absolute atomic E-state index is 12.3. The predicted molar refractivity (Wildman–Crippen MR) is 49.7 cm³/mol. The molecule has 0 aliphatic carbocycles. The molecule has 0 fully saturated rings. The van der Waals surface area contributed by atoms with Crippen LogP contribution in [0.3, 0.4) is 0 Å². The van der Waals surface area contributed by atoms with Gasteiger partial charge in [-0.1, -0.05) is 0 Å². The SMILES string of the molecule is O=c1cc(I)[nH]c(C(F)(F)F)c1C(F)F. The molecule has 0 aliphatic rings. The van der Waals surface area contributed by atoms with Gasteiger partial charge in [-0.2, -0.15) is 13.2 Å². The fourth-order valence-electron chi connectivity index (χ4n) is 0.979. The van der Waals surface area contributed by atoms with Crippen LogP contribution in [0.2, 0.25) is 0 Å². The Morgan fingerprint density at radius 3 is 2.27 bits per heavy atom. The quantitative estimate of drug-likeness (QED) is 0.476. The molecule has 8 heteroatoms. The van der Waals surface area contributed by atoms with Gasteiger partial charge in [0, 0.05) is 6.07 Å². The highest BCUT2D eigenvalue weighted by Crippen LogP contribution is 2.33. The lowest BCUT2D eigenvalue weighted by molar-refractivity contribution is -0.143. The van der Waals surface area contributed by atoms with Crippen molar-refractivity contribution in [2.24, 2.45) is 0 Å². The van der Waals surface area contributed by atoms with Gasteiger partial charge in [0.1, 0.15) is 5.69 Å². The van der Waals surface area contributed by atoms with Gasteiger partial charge >= 0.3 is 6.18 Å². The molecule has 0 amide bonds. The molecule has 1 aromatic rings. The Hall–Kier alpha value is -0.670. The number of rotatable bonds is 1. The molecule has 1 aromatic heterocycles. The standard InChI is InChI=1S/C7H3F5INO/c8-6(9)4-2(15)1-3(13)14-5(4)7(10,11)12/h1,6H,(H,14,15). The molecule has 1 N–H and O–H groups in total. The van der Waals surface area contributed by atoms with Gasteiger partial charge in [-0.25, -0.2) is 8.78 Å². The zero-order valence-electron chi connectivity index (χ0n) is 6.83. The number of pyridine rings is 1. The summed E-state index contributed by atoms with van der Waals surface area (Å²) >= 11 is 1.41. The largest absolute Gasteiger partial charge is 0.431 e. The molecular weight excluding hydrogens is 336 g/mol. The zero-order chi connectivity index (χ0) is 11.8. The smallest absolute Gasteiger partial charge is 0.346 e. The number of halogens is 6. The monoisotopic (exact) mass is 339 g/mol. The Morgan fingerprint density at radius 1 is 1.33 bits per heavy atom. The number of hydrogen-bond acceptors (Lipinski definition) is 1. The van der Waals surface area contributed by atoms with Gasteiger partial charge < -0.3 is 4.98 Å². The average molecular weight is 339 g/mol. The van der Waals surface area contributed by atoms with Gasteiger partial charge in [0.25, 0.3) is 6.43 Å². The van der Waals surface area contributed by atoms with E-state index in [1.54, 1.807) is 4.98 Å². The summed E-state index contributed by atoms with van der Waals surface area (Å²) in [7, 11) is 0. The van der Waals surface area contributed by atoms with E-state index in [2.05, 4.69) is 0 Å². The van der Waals surface area contributed by atoms with Crippen molar-refractivity contribution in [3.8, 4) is 0 Å². The number of nitrogens with one attached hydrogen (secondary N) is 1. The van der Waals surface area contributed by atoms with Crippen molar-refractivity contribution in [2.45, 2.75) is 12.6 Å². The lowest BCUT2D eigenvalue weighted by Crippen LogP contribution is -2.21. The van der Waals surface area contributed by atoms with E-state index in [0.717, 1.165) is 0 Å². The van der Waals surface area contributed by atoms with Crippen LogP contribution in [-0.4, -0.2) is 4.98 Å². The molecule has 1 heterocycles. The molecule has 2 nitrogen and oxygen atoms in total. The van der Waals surface area contributed by atoms with E-state index in [1.807, 2.05) is 0 Å². The first-order valence-electron chi connectivity index (χ1n) is 3.51. The Morgan fingerprint density at radius 2 is 1.87 bits per heavy atom. The van der Waals surface area contributed by atoms with Crippen LogP contribution < -0.4 is 5.43 Å². The van der Waals surface area contributed by atoms with E-state index in [4.69, 9.17) is 0 Å². The molecule has 0 aromatic carbocycles. The second-order valence-corrected chi connectivity index (χ2v) is 3.73. The molecule has 0 atom stereocenters. The summed E-state index contributed by atoms with van der Waals surface area (Å²) in [6.07, 6.45) is -8.45. The Kier molecular flexibility index (Phi) is 3.36. The fourth-order valence-corrected chi connectivity index (χ4v) is 1.53. The van der Waals surface area contributed by atoms with Crippen molar-refractivity contribution in [2.75, 3.05) is 0 Å². The van der Waals surface area contributed by atoms with Gasteiger partial charge in [-0.3, -0.25) is 4.79 Å². The van der Waals surface area contributed by atoms with Crippen LogP contribution in [0.25, 0.3) is 0 Å². The normalized spacial score (nSPS) is 12.2. The first-order chi connectivity index (χ1) is 6.73. The Labute approximate surface area is 93.6 Å². The molecule has 0 bridgehead atoms. The highest BCUT2D eigenvalue weighted by molar-refractivity contribution is 14.1. The Balaban J connectivity index is 3.55. The summed E-state index contributed by atoms with van der Waals surface area (Å²) in [6, 6.07) is 0.692. The van der Waals surface area contributed by atoms with Crippen LogP contribution in [0.15, 0.2) is 10.9 Å². The maximum atomic E-state index is 12.3. The number of H-pyrrole nitrogens is 1. The highest BCUT2D eigenvalue weighted by Gasteiger charge is 2.38. The third-order valence-electron chi connectivity index (χ3n) is 1.54. The second-order valence-electron chi connectivity index (χ2n) is 2.57. The third-order valence-corrected chi connectivity index (χ3v) is 2.12. The van der Waals surface area contributed by atoms with Gasteiger partial charge in [0.15, 0.2) is 5.43 Å². The number of aromatic nitrogens is 1. The van der Waals surface area contributed by atoms with E-state index < -0.39 is 29.3 Å². The Bertz CT molecular complexity index is 424. The van der Waals surface area contributed by atoms with Crippen LogP contribution in [0.4, 0.5) is 22.0 Å². The zero-order valence-corrected chi connectivity index (χ0v) is 8.99. The first kappa shape index (κ1) is 12.4. The van der Waals surface area contributed by atoms with E-state index >= 15 is 0 Å². The van der Waals surface area contributed by atoms with Crippen molar-refractivity contribution in [1.29, 1.82) is 0 Å². The van der Waals surface area contributed by atoms with E-state index in [0.29, 0.717) is 6.07 Å². The maximum Gasteiger partial charge on any atom is 0.431 e. The summed E-state index contributed by atoms with van der Waals surface area (Å²) in [6.45, 7) is 0. The fraction of sp³-hybridized carbons (Fsp3) is 0.286. The molecular formula is C7H3F5INO. The van der Waals surface area contributed by atoms with Crippen molar-refractivity contribution >= 4 is 22.6 Å². The van der Waals surface area contributed by atoms with Crippen molar-refractivity contribution < 1.29 is 22.0 Å². The van der Waals surface area contributed by atoms with Crippen molar-refractivity contribution in [1.82, 2.24) is 4.98 Å². The van der Waals surface area contributed by atoms with E-state index in [9.17, 15) is 26.7 Å². The minimum Gasteiger partial charge on any atom is -0.346 e. The van der Waals surface area contributed by atoms with Gasteiger partial charge in [-0.15, -0.1) is 0 Å². The topological polar surface area (TPSA) is 32.9 Å². The number of alkyl halides is 5. The average Bonchev–Trinajstić information content (AvgIpc) is 1.99. The lowest BCUT2D eigenvalue weighted by atomic mass is 10.2. The van der Waals surface area contributed by atoms with Crippen LogP contribution >= 0.6 is 22.6 Å². The molecule has 1 rings (SSSR count). The van der Waals surface area contributed by atoms with Crippen LogP contribution in [0.1, 0.15) is 17.7 Å². The molecule has 0 unspecified atom stereocenters. The second kappa shape index (κ2) is 4.06. The molecule has 0 saturated heterocycles. The molecule has 0 aliphatic heterocycles. The van der Waals surface area contributed by atoms with Gasteiger partial charge in [0.2, 0.25) is 0 Å². The minimum absolute atomic E-state index is 0.144. The summed E-state index contributed by atoms with van der Waals surface area (Å²) in [4.78, 5) is 12.7. The van der Waals surface area contributed by atoms with Crippen LogP contribution in [0, 0.1) is 3.70 Å². The number of aromatic amines is 1. The predicted octanol–water partition coefficient (Wildman–Crippen LogP) is 2.94. The summed E-state index contributed by atoms with van der Waals surface area (Å²) in [5.74, 6) is 0. The van der Waals surface area contributed by atoms with Crippen LogP contribution in [-0.2, 0) is 6.18 Å². The van der Waals surface area contributed by atoms with E-state index in [-0.39, 0.29) is 3.70 Å². The summed E-state index contributed by atoms with van der Waals surface area (Å²) in [5.41, 5.74) is -4.54. The van der Waals surface area contributed by atoms with Crippen molar-refractivity contribution in [3.05, 3.63) is 31.2 Å². The molecule has 84 valence electrons. The molecule has 0 saturated carbocycles. The lowest BCUT2D eigenvalue weighted by Gasteiger charge is -2.11. The minimum atomic E-state index is -4.99. The number of hydrogen-bond donors (Lipinski definition) is 1. The highest BCUT2D eigenvalue weighted by atomic mass is 127. The summed E-state index contributed by atoms with van der Waals surface area (Å²) < 4.78 is 61.1. The third kappa shape index (κ3) is 2.67. The van der Waals surface area contributed by atoms with Crippen LogP contribution in [0.5, 0.6) is 0 Å². The van der Waals surface area contributed by atoms with Gasteiger partial charge in [0.05, 0.1) is 9.26 Å². The molecule has 15 heavy (non-hydrogen) atoms. The molecule has 0 spiro atoms. The summed E-state index contributed by atoms with van der Waals surface area (Å²) in [5, 5.41) is 0. The van der Waals surface area contributed by atoms with Crippen molar-refractivity contribution in [3.63, 3.8) is 0 Å². The molecule has 0 radical (unpaired) electrons. The first-order valence-corrected chi connectivity index (χ1v) is 4.59. The van der Waals surface area contributed by atoms with Gasteiger partial charge in [-0.05, 0) is 22.6 Å². The van der Waals surface area contributed by atoms with E-state index in [1.165, 1.54) is 22.6 Å².